The Balaban J connectivity index is 1.13. The number of thiophene rings is 1. The Hall–Kier alpha value is -8.19. The number of rotatable bonds is 6. The van der Waals surface area contributed by atoms with Crippen LogP contribution in [0.3, 0.4) is 0 Å². The number of fused-ring (bicyclic) bond motifs is 10. The number of benzene rings is 9. The topological polar surface area (TPSA) is 48.5 Å². The van der Waals surface area contributed by atoms with Crippen molar-refractivity contribution < 1.29 is 0 Å². The van der Waals surface area contributed by atoms with Crippen LogP contribution in [0, 0.1) is 0 Å². The van der Waals surface area contributed by atoms with Gasteiger partial charge in [-0.25, -0.2) is 4.98 Å². The summed E-state index contributed by atoms with van der Waals surface area (Å²) in [7, 11) is 0. The molecule has 0 saturated carbocycles. The van der Waals surface area contributed by atoms with E-state index in [1.807, 2.05) is 29.5 Å². The van der Waals surface area contributed by atoms with E-state index in [0.29, 0.717) is 17.6 Å². The van der Waals surface area contributed by atoms with Crippen molar-refractivity contribution in [3.05, 3.63) is 212 Å². The zero-order valence-electron chi connectivity index (χ0n) is 33.9. The molecule has 13 aromatic rings. The van der Waals surface area contributed by atoms with Crippen molar-refractivity contribution in [2.75, 3.05) is 0 Å². The molecule has 13 rings (SSSR count). The Labute approximate surface area is 366 Å². The van der Waals surface area contributed by atoms with Gasteiger partial charge in [-0.15, -0.1) is 11.3 Å². The highest BCUT2D eigenvalue weighted by molar-refractivity contribution is 7.25. The van der Waals surface area contributed by atoms with E-state index in [-0.39, 0.29) is 0 Å². The van der Waals surface area contributed by atoms with Gasteiger partial charge in [-0.05, 0) is 70.8 Å². The summed E-state index contributed by atoms with van der Waals surface area (Å²) in [6.07, 6.45) is 0. The Morgan fingerprint density at radius 2 is 0.841 bits per heavy atom. The van der Waals surface area contributed by atoms with E-state index < -0.39 is 0 Å². The van der Waals surface area contributed by atoms with Gasteiger partial charge in [-0.2, -0.15) is 9.97 Å². The first-order chi connectivity index (χ1) is 31.2. The molecule has 6 heteroatoms. The monoisotopic (exact) mass is 821 g/mol. The highest BCUT2D eigenvalue weighted by Crippen LogP contribution is 2.43. The quantitative estimate of drug-likeness (QED) is 0.168. The van der Waals surface area contributed by atoms with E-state index in [2.05, 4.69) is 203 Å². The first-order valence-electron chi connectivity index (χ1n) is 21.2. The van der Waals surface area contributed by atoms with Crippen LogP contribution >= 0.6 is 11.3 Å². The largest absolute Gasteiger partial charge is 0.307 e. The van der Waals surface area contributed by atoms with E-state index in [1.54, 1.807) is 0 Å². The first kappa shape index (κ1) is 35.6. The van der Waals surface area contributed by atoms with E-state index >= 15 is 0 Å². The summed E-state index contributed by atoms with van der Waals surface area (Å²) in [5.41, 5.74) is 11.9. The molecule has 0 aliphatic heterocycles. The Morgan fingerprint density at radius 3 is 1.52 bits per heavy atom. The molecule has 4 heterocycles. The lowest BCUT2D eigenvalue weighted by atomic mass is 9.94. The fourth-order valence-corrected chi connectivity index (χ4v) is 10.6. The van der Waals surface area contributed by atoms with Crippen molar-refractivity contribution in [3.63, 3.8) is 0 Å². The smallest absolute Gasteiger partial charge is 0.238 e. The molecule has 0 fully saturated rings. The predicted octanol–water partition coefficient (Wildman–Crippen LogP) is 15.1. The van der Waals surface area contributed by atoms with E-state index in [0.717, 1.165) is 60.6 Å². The summed E-state index contributed by atoms with van der Waals surface area (Å²) in [5.74, 6) is 1.81. The van der Waals surface area contributed by atoms with Crippen LogP contribution in [0.1, 0.15) is 0 Å². The molecule has 0 amide bonds. The third-order valence-electron chi connectivity index (χ3n) is 12.4. The second-order valence-corrected chi connectivity index (χ2v) is 17.1. The Morgan fingerprint density at radius 1 is 0.317 bits per heavy atom. The zero-order chi connectivity index (χ0) is 41.4. The molecule has 0 bridgehead atoms. The summed E-state index contributed by atoms with van der Waals surface area (Å²) in [5, 5.41) is 7.03. The molecule has 0 radical (unpaired) electrons. The van der Waals surface area contributed by atoms with Gasteiger partial charge < -0.3 is 4.57 Å². The van der Waals surface area contributed by atoms with E-state index in [1.165, 1.54) is 42.2 Å². The maximum Gasteiger partial charge on any atom is 0.238 e. The molecule has 0 atom stereocenters. The second kappa shape index (κ2) is 14.2. The van der Waals surface area contributed by atoms with Crippen LogP contribution in [0.4, 0.5) is 0 Å². The molecule has 63 heavy (non-hydrogen) atoms. The SMILES string of the molecule is c1ccc(-c2nc(-c3ccc4sc5ccccc5c4c3)nc(-n3c4ccccc4c4ccc5c6ccccc6n(-c6ccc(-c7ccccc7)c(-c7ccccc7)c6)c5c43)n2)cc1. The molecule has 0 aliphatic rings. The summed E-state index contributed by atoms with van der Waals surface area (Å²) in [6, 6.07) is 75.7. The van der Waals surface area contributed by atoms with Gasteiger partial charge in [0.05, 0.1) is 22.1 Å². The lowest BCUT2D eigenvalue weighted by molar-refractivity contribution is 0.953. The van der Waals surface area contributed by atoms with Crippen LogP contribution in [0.15, 0.2) is 212 Å². The number of para-hydroxylation sites is 2. The van der Waals surface area contributed by atoms with E-state index in [9.17, 15) is 0 Å². The van der Waals surface area contributed by atoms with Gasteiger partial charge in [0.1, 0.15) is 0 Å². The number of hydrogen-bond acceptors (Lipinski definition) is 4. The van der Waals surface area contributed by atoms with Crippen LogP contribution in [-0.4, -0.2) is 24.1 Å². The number of aromatic nitrogens is 5. The van der Waals surface area contributed by atoms with Gasteiger partial charge in [-0.1, -0.05) is 164 Å². The van der Waals surface area contributed by atoms with Crippen molar-refractivity contribution in [3.8, 4) is 56.7 Å². The zero-order valence-corrected chi connectivity index (χ0v) is 34.7. The molecule has 0 aliphatic carbocycles. The van der Waals surface area contributed by atoms with Gasteiger partial charge in [0.25, 0.3) is 0 Å². The van der Waals surface area contributed by atoms with Gasteiger partial charge >= 0.3 is 0 Å². The fourth-order valence-electron chi connectivity index (χ4n) is 9.55. The lowest BCUT2D eigenvalue weighted by Gasteiger charge is -2.16. The average Bonchev–Trinajstić information content (AvgIpc) is 4.02. The maximum absolute atomic E-state index is 5.44. The van der Waals surface area contributed by atoms with Gasteiger partial charge in [0.15, 0.2) is 11.6 Å². The first-order valence-corrected chi connectivity index (χ1v) is 22.0. The Kier molecular flexibility index (Phi) is 8.01. The lowest BCUT2D eigenvalue weighted by Crippen LogP contribution is -2.07. The summed E-state index contributed by atoms with van der Waals surface area (Å²) in [6.45, 7) is 0. The van der Waals surface area contributed by atoms with Crippen molar-refractivity contribution in [1.82, 2.24) is 24.1 Å². The molecule has 5 nitrogen and oxygen atoms in total. The summed E-state index contributed by atoms with van der Waals surface area (Å²) in [4.78, 5) is 16.0. The molecular formula is C57H35N5S. The normalized spacial score (nSPS) is 11.8. The molecular weight excluding hydrogens is 787 g/mol. The molecule has 4 aromatic heterocycles. The standard InChI is InChI=1S/C57H35N5S/c1-4-16-36(17-5-1)41-30-29-40(35-47(41)37-18-6-2-7-19-37)61-49-25-13-10-22-42(49)45-31-32-46-43-23-11-14-26-50(43)62(54(46)53(45)61)57-59-55(38-20-8-3-9-21-38)58-56(60-57)39-28-33-52-48(34-39)44-24-12-15-27-51(44)63-52/h1-35H. The van der Waals surface area contributed by atoms with Crippen molar-refractivity contribution in [2.24, 2.45) is 0 Å². The predicted molar refractivity (Wildman–Crippen MR) is 263 cm³/mol. The van der Waals surface area contributed by atoms with Crippen LogP contribution in [0.25, 0.3) is 120 Å². The third kappa shape index (κ3) is 5.66. The molecule has 0 unspecified atom stereocenters. The minimum absolute atomic E-state index is 0.564. The minimum Gasteiger partial charge on any atom is -0.307 e. The average molecular weight is 822 g/mol. The van der Waals surface area contributed by atoms with Crippen LogP contribution in [0.2, 0.25) is 0 Å². The third-order valence-corrected chi connectivity index (χ3v) is 13.5. The van der Waals surface area contributed by atoms with Crippen molar-refractivity contribution in [1.29, 1.82) is 0 Å². The summed E-state index contributed by atoms with van der Waals surface area (Å²) < 4.78 is 7.22. The highest BCUT2D eigenvalue weighted by Gasteiger charge is 2.24. The second-order valence-electron chi connectivity index (χ2n) is 16.0. The maximum atomic E-state index is 5.44. The fraction of sp³-hybridized carbons (Fsp3) is 0. The van der Waals surface area contributed by atoms with Gasteiger partial charge in [0.2, 0.25) is 5.95 Å². The van der Waals surface area contributed by atoms with Crippen molar-refractivity contribution in [2.45, 2.75) is 0 Å². The number of hydrogen-bond donors (Lipinski definition) is 0. The van der Waals surface area contributed by atoms with Crippen LogP contribution < -0.4 is 0 Å². The van der Waals surface area contributed by atoms with Crippen LogP contribution in [-0.2, 0) is 0 Å². The minimum atomic E-state index is 0.564. The molecule has 0 spiro atoms. The van der Waals surface area contributed by atoms with Crippen LogP contribution in [0.5, 0.6) is 0 Å². The summed E-state index contributed by atoms with van der Waals surface area (Å²) >= 11 is 1.81. The van der Waals surface area contributed by atoms with Gasteiger partial charge in [0, 0.05) is 58.5 Å². The van der Waals surface area contributed by atoms with Crippen molar-refractivity contribution >= 4 is 75.1 Å². The molecule has 0 N–H and O–H groups in total. The highest BCUT2D eigenvalue weighted by atomic mass is 32.1. The molecule has 0 saturated heterocycles. The Bertz CT molecular complexity index is 3900. The molecule has 294 valence electrons. The van der Waals surface area contributed by atoms with E-state index in [4.69, 9.17) is 15.0 Å². The molecule has 9 aromatic carbocycles. The number of nitrogens with zero attached hydrogens (tertiary/aromatic N) is 5. The van der Waals surface area contributed by atoms with Gasteiger partial charge in [-0.3, -0.25) is 4.57 Å².